The van der Waals surface area contributed by atoms with Gasteiger partial charge in [0.1, 0.15) is 0 Å². The first kappa shape index (κ1) is 11.7. The zero-order chi connectivity index (χ0) is 12.2. The van der Waals surface area contributed by atoms with Crippen molar-refractivity contribution in [2.24, 2.45) is 0 Å². The van der Waals surface area contributed by atoms with Gasteiger partial charge in [0.25, 0.3) is 0 Å². The number of rotatable bonds is 3. The highest BCUT2D eigenvalue weighted by molar-refractivity contribution is 5.85. The van der Waals surface area contributed by atoms with E-state index in [1.54, 1.807) is 0 Å². The molecule has 0 aliphatic carbocycles. The summed E-state index contributed by atoms with van der Waals surface area (Å²) in [5.74, 6) is 0. The molecule has 0 N–H and O–H groups in total. The SMILES string of the molecule is c1ccc2c(CCN3CCCCC3)cccc2c1. The molecule has 0 saturated carbocycles. The smallest absolute Gasteiger partial charge is 0.00220 e. The van der Waals surface area contributed by atoms with Gasteiger partial charge in [0.15, 0.2) is 0 Å². The minimum Gasteiger partial charge on any atom is -0.303 e. The van der Waals surface area contributed by atoms with E-state index in [4.69, 9.17) is 0 Å². The highest BCUT2D eigenvalue weighted by Crippen LogP contribution is 2.19. The quantitative estimate of drug-likeness (QED) is 0.786. The summed E-state index contributed by atoms with van der Waals surface area (Å²) in [5, 5.41) is 2.80. The number of likely N-dealkylation sites (tertiary alicyclic amines) is 1. The van der Waals surface area contributed by atoms with Crippen LogP contribution in [0.4, 0.5) is 0 Å². The van der Waals surface area contributed by atoms with Crippen molar-refractivity contribution >= 4 is 10.8 Å². The van der Waals surface area contributed by atoms with Crippen LogP contribution in [0, 0.1) is 0 Å². The number of benzene rings is 2. The lowest BCUT2D eigenvalue weighted by atomic mass is 10.0. The minimum absolute atomic E-state index is 1.18. The van der Waals surface area contributed by atoms with Gasteiger partial charge in [-0.05, 0) is 48.7 Å². The Bertz CT molecular complexity index is 507. The van der Waals surface area contributed by atoms with Gasteiger partial charge in [-0.1, -0.05) is 48.9 Å². The maximum absolute atomic E-state index is 2.62. The first-order valence-corrected chi connectivity index (χ1v) is 7.12. The topological polar surface area (TPSA) is 3.24 Å². The zero-order valence-electron chi connectivity index (χ0n) is 10.9. The molecular weight excluding hydrogens is 218 g/mol. The second-order valence-corrected chi connectivity index (χ2v) is 5.29. The van der Waals surface area contributed by atoms with E-state index in [0.717, 1.165) is 0 Å². The molecule has 0 radical (unpaired) electrons. The molecule has 0 bridgehead atoms. The largest absolute Gasteiger partial charge is 0.303 e. The van der Waals surface area contributed by atoms with Crippen molar-refractivity contribution in [1.82, 2.24) is 4.90 Å². The van der Waals surface area contributed by atoms with E-state index in [2.05, 4.69) is 47.4 Å². The van der Waals surface area contributed by atoms with Crippen molar-refractivity contribution in [2.75, 3.05) is 19.6 Å². The molecule has 1 heterocycles. The lowest BCUT2D eigenvalue weighted by Crippen LogP contribution is -2.31. The Labute approximate surface area is 109 Å². The molecule has 0 aromatic heterocycles. The maximum atomic E-state index is 2.62. The average molecular weight is 239 g/mol. The predicted octanol–water partition coefficient (Wildman–Crippen LogP) is 3.87. The van der Waals surface area contributed by atoms with E-state index in [9.17, 15) is 0 Å². The van der Waals surface area contributed by atoms with Crippen molar-refractivity contribution in [3.05, 3.63) is 48.0 Å². The van der Waals surface area contributed by atoms with Crippen LogP contribution in [-0.2, 0) is 6.42 Å². The first-order valence-electron chi connectivity index (χ1n) is 7.12. The van der Waals surface area contributed by atoms with Crippen molar-refractivity contribution in [1.29, 1.82) is 0 Å². The van der Waals surface area contributed by atoms with Gasteiger partial charge in [0.05, 0.1) is 0 Å². The van der Waals surface area contributed by atoms with Gasteiger partial charge in [0, 0.05) is 6.54 Å². The molecule has 1 fully saturated rings. The van der Waals surface area contributed by atoms with Crippen LogP contribution in [-0.4, -0.2) is 24.5 Å². The first-order chi connectivity index (χ1) is 8.93. The Morgan fingerprint density at radius 3 is 2.50 bits per heavy atom. The highest BCUT2D eigenvalue weighted by Gasteiger charge is 2.10. The Balaban J connectivity index is 1.74. The van der Waals surface area contributed by atoms with Crippen LogP contribution < -0.4 is 0 Å². The van der Waals surface area contributed by atoms with E-state index in [1.165, 1.54) is 61.7 Å². The van der Waals surface area contributed by atoms with Crippen LogP contribution in [0.2, 0.25) is 0 Å². The molecule has 1 nitrogen and oxygen atoms in total. The molecule has 1 aliphatic heterocycles. The average Bonchev–Trinajstić information content (AvgIpc) is 2.46. The van der Waals surface area contributed by atoms with E-state index in [0.29, 0.717) is 0 Å². The summed E-state index contributed by atoms with van der Waals surface area (Å²) < 4.78 is 0. The van der Waals surface area contributed by atoms with Crippen molar-refractivity contribution < 1.29 is 0 Å². The normalized spacial score (nSPS) is 17.1. The standard InChI is InChI=1S/C17H21N/c1-4-12-18(13-5-1)14-11-16-9-6-8-15-7-2-3-10-17(15)16/h2-3,6-10H,1,4-5,11-14H2. The molecule has 0 unspecified atom stereocenters. The second kappa shape index (κ2) is 5.53. The Kier molecular flexibility index (Phi) is 3.61. The summed E-state index contributed by atoms with van der Waals surface area (Å²) in [7, 11) is 0. The van der Waals surface area contributed by atoms with Crippen LogP contribution in [0.1, 0.15) is 24.8 Å². The third-order valence-electron chi connectivity index (χ3n) is 4.03. The lowest BCUT2D eigenvalue weighted by Gasteiger charge is -2.26. The molecule has 1 saturated heterocycles. The van der Waals surface area contributed by atoms with Crippen LogP contribution >= 0.6 is 0 Å². The molecule has 0 amide bonds. The molecule has 94 valence electrons. The molecular formula is C17H21N. The Hall–Kier alpha value is -1.34. The summed E-state index contributed by atoms with van der Waals surface area (Å²) in [6.07, 6.45) is 5.37. The van der Waals surface area contributed by atoms with Crippen LogP contribution in [0.25, 0.3) is 10.8 Å². The number of piperidine rings is 1. The fraction of sp³-hybridized carbons (Fsp3) is 0.412. The number of hydrogen-bond acceptors (Lipinski definition) is 1. The molecule has 3 rings (SSSR count). The van der Waals surface area contributed by atoms with Gasteiger partial charge in [-0.3, -0.25) is 0 Å². The summed E-state index contributed by atoms with van der Waals surface area (Å²) in [6.45, 7) is 3.81. The van der Waals surface area contributed by atoms with Gasteiger partial charge in [-0.25, -0.2) is 0 Å². The van der Waals surface area contributed by atoms with Crippen molar-refractivity contribution in [3.8, 4) is 0 Å². The molecule has 2 aromatic rings. The Morgan fingerprint density at radius 1 is 0.833 bits per heavy atom. The van der Waals surface area contributed by atoms with Crippen LogP contribution in [0.3, 0.4) is 0 Å². The predicted molar refractivity (Wildman–Crippen MR) is 77.9 cm³/mol. The zero-order valence-corrected chi connectivity index (χ0v) is 10.9. The molecule has 2 aromatic carbocycles. The van der Waals surface area contributed by atoms with E-state index >= 15 is 0 Å². The van der Waals surface area contributed by atoms with E-state index in [-0.39, 0.29) is 0 Å². The van der Waals surface area contributed by atoms with Gasteiger partial charge < -0.3 is 4.90 Å². The second-order valence-electron chi connectivity index (χ2n) is 5.29. The maximum Gasteiger partial charge on any atom is 0.00220 e. The Morgan fingerprint density at radius 2 is 1.61 bits per heavy atom. The van der Waals surface area contributed by atoms with Gasteiger partial charge in [0.2, 0.25) is 0 Å². The molecule has 1 heteroatoms. The fourth-order valence-electron chi connectivity index (χ4n) is 2.97. The fourth-order valence-corrected chi connectivity index (χ4v) is 2.97. The number of nitrogens with zero attached hydrogens (tertiary/aromatic N) is 1. The molecule has 0 spiro atoms. The summed E-state index contributed by atoms with van der Waals surface area (Å²) in [5.41, 5.74) is 1.50. The molecule has 1 aliphatic rings. The monoisotopic (exact) mass is 239 g/mol. The number of fused-ring (bicyclic) bond motifs is 1. The third kappa shape index (κ3) is 2.56. The van der Waals surface area contributed by atoms with Crippen molar-refractivity contribution in [3.63, 3.8) is 0 Å². The molecule has 0 atom stereocenters. The third-order valence-corrected chi connectivity index (χ3v) is 4.03. The number of hydrogen-bond donors (Lipinski definition) is 0. The molecule has 18 heavy (non-hydrogen) atoms. The highest BCUT2D eigenvalue weighted by atomic mass is 15.1. The van der Waals surface area contributed by atoms with Crippen LogP contribution in [0.5, 0.6) is 0 Å². The van der Waals surface area contributed by atoms with Crippen LogP contribution in [0.15, 0.2) is 42.5 Å². The van der Waals surface area contributed by atoms with Gasteiger partial charge in [-0.15, -0.1) is 0 Å². The van der Waals surface area contributed by atoms with E-state index in [1.807, 2.05) is 0 Å². The summed E-state index contributed by atoms with van der Waals surface area (Å²) >= 11 is 0. The van der Waals surface area contributed by atoms with Gasteiger partial charge >= 0.3 is 0 Å². The van der Waals surface area contributed by atoms with Crippen molar-refractivity contribution in [2.45, 2.75) is 25.7 Å². The lowest BCUT2D eigenvalue weighted by molar-refractivity contribution is 0.231. The summed E-state index contributed by atoms with van der Waals surface area (Å²) in [4.78, 5) is 2.62. The minimum atomic E-state index is 1.18. The van der Waals surface area contributed by atoms with E-state index < -0.39 is 0 Å². The summed E-state index contributed by atoms with van der Waals surface area (Å²) in [6, 6.07) is 15.4. The van der Waals surface area contributed by atoms with Gasteiger partial charge in [-0.2, -0.15) is 0 Å².